The van der Waals surface area contributed by atoms with Crippen LogP contribution in [0.1, 0.15) is 39.0 Å². The Morgan fingerprint density at radius 3 is 2.74 bits per heavy atom. The van der Waals surface area contributed by atoms with Crippen LogP contribution in [0.3, 0.4) is 0 Å². The van der Waals surface area contributed by atoms with E-state index >= 15 is 0 Å². The normalized spacial score (nSPS) is 25.2. The molecule has 0 bridgehead atoms. The Labute approximate surface area is 116 Å². The molecule has 0 aromatic carbocycles. The van der Waals surface area contributed by atoms with Crippen LogP contribution in [0.2, 0.25) is 0 Å². The standard InChI is InChI=1S/C15H28N2O2/c1-2-9-17(11-13-5-7-16-8-6-13)15(18)14-4-3-10-19-12-14/h13-14,16H,2-12H2,1H3. The molecule has 4 nitrogen and oxygen atoms in total. The summed E-state index contributed by atoms with van der Waals surface area (Å²) in [5.74, 6) is 1.13. The predicted octanol–water partition coefficient (Wildman–Crippen LogP) is 1.65. The summed E-state index contributed by atoms with van der Waals surface area (Å²) in [5, 5.41) is 3.39. The van der Waals surface area contributed by atoms with Crippen molar-refractivity contribution in [3.63, 3.8) is 0 Å². The van der Waals surface area contributed by atoms with Crippen molar-refractivity contribution in [3.8, 4) is 0 Å². The zero-order valence-corrected chi connectivity index (χ0v) is 12.2. The SMILES string of the molecule is CCCN(CC1CCNCC1)C(=O)C1CCCOC1. The van der Waals surface area contributed by atoms with E-state index in [1.807, 2.05) is 0 Å². The van der Waals surface area contributed by atoms with E-state index in [2.05, 4.69) is 17.1 Å². The van der Waals surface area contributed by atoms with Crippen LogP contribution >= 0.6 is 0 Å². The summed E-state index contributed by atoms with van der Waals surface area (Å²) >= 11 is 0. The molecule has 2 fully saturated rings. The van der Waals surface area contributed by atoms with Crippen molar-refractivity contribution in [2.75, 3.05) is 39.4 Å². The molecule has 2 heterocycles. The van der Waals surface area contributed by atoms with Gasteiger partial charge in [-0.15, -0.1) is 0 Å². The highest BCUT2D eigenvalue weighted by molar-refractivity contribution is 5.79. The van der Waals surface area contributed by atoms with Crippen LogP contribution in [0.25, 0.3) is 0 Å². The largest absolute Gasteiger partial charge is 0.381 e. The van der Waals surface area contributed by atoms with Crippen LogP contribution < -0.4 is 5.32 Å². The molecular formula is C15H28N2O2. The molecule has 0 spiro atoms. The average molecular weight is 268 g/mol. The quantitative estimate of drug-likeness (QED) is 0.824. The van der Waals surface area contributed by atoms with E-state index in [-0.39, 0.29) is 5.92 Å². The first-order valence-electron chi connectivity index (χ1n) is 7.88. The van der Waals surface area contributed by atoms with Crippen LogP contribution in [0.4, 0.5) is 0 Å². The maximum atomic E-state index is 12.6. The third-order valence-corrected chi connectivity index (χ3v) is 4.25. The number of rotatable bonds is 5. The van der Waals surface area contributed by atoms with Gasteiger partial charge in [-0.1, -0.05) is 6.92 Å². The molecule has 1 amide bonds. The topological polar surface area (TPSA) is 41.6 Å². The lowest BCUT2D eigenvalue weighted by Gasteiger charge is -2.33. The van der Waals surface area contributed by atoms with Crippen molar-refractivity contribution >= 4 is 5.91 Å². The fourth-order valence-electron chi connectivity index (χ4n) is 3.13. The summed E-state index contributed by atoms with van der Waals surface area (Å²) in [6.07, 6.45) is 5.49. The molecule has 2 rings (SSSR count). The molecule has 0 saturated carbocycles. The maximum Gasteiger partial charge on any atom is 0.228 e. The summed E-state index contributed by atoms with van der Waals surface area (Å²) in [4.78, 5) is 14.7. The average Bonchev–Trinajstić information content (AvgIpc) is 2.48. The monoisotopic (exact) mass is 268 g/mol. The predicted molar refractivity (Wildman–Crippen MR) is 76.0 cm³/mol. The van der Waals surface area contributed by atoms with Gasteiger partial charge in [0, 0.05) is 19.7 Å². The molecule has 2 aliphatic rings. The third kappa shape index (κ3) is 4.46. The number of carbonyl (C=O) groups is 1. The molecule has 2 saturated heterocycles. The number of amides is 1. The first-order chi connectivity index (χ1) is 9.31. The fraction of sp³-hybridized carbons (Fsp3) is 0.933. The highest BCUT2D eigenvalue weighted by Gasteiger charge is 2.28. The fourth-order valence-corrected chi connectivity index (χ4v) is 3.13. The van der Waals surface area contributed by atoms with Crippen LogP contribution in [-0.4, -0.2) is 50.2 Å². The first kappa shape index (κ1) is 14.8. The number of hydrogen-bond acceptors (Lipinski definition) is 3. The smallest absolute Gasteiger partial charge is 0.228 e. The number of piperidine rings is 1. The Morgan fingerprint density at radius 1 is 1.32 bits per heavy atom. The molecule has 0 aromatic heterocycles. The molecule has 1 unspecified atom stereocenters. The third-order valence-electron chi connectivity index (χ3n) is 4.25. The Hall–Kier alpha value is -0.610. The van der Waals surface area contributed by atoms with Crippen molar-refractivity contribution in [2.24, 2.45) is 11.8 Å². The minimum atomic E-state index is 0.113. The van der Waals surface area contributed by atoms with Crippen molar-refractivity contribution in [1.29, 1.82) is 0 Å². The Balaban J connectivity index is 1.87. The van der Waals surface area contributed by atoms with Gasteiger partial charge in [0.25, 0.3) is 0 Å². The lowest BCUT2D eigenvalue weighted by atomic mass is 9.95. The van der Waals surface area contributed by atoms with E-state index in [0.29, 0.717) is 18.4 Å². The van der Waals surface area contributed by atoms with Gasteiger partial charge in [0.2, 0.25) is 5.91 Å². The van der Waals surface area contributed by atoms with Gasteiger partial charge in [-0.05, 0) is 51.1 Å². The lowest BCUT2D eigenvalue weighted by molar-refractivity contribution is -0.140. The summed E-state index contributed by atoms with van der Waals surface area (Å²) in [6, 6.07) is 0. The molecule has 0 radical (unpaired) electrons. The van der Waals surface area contributed by atoms with Crippen molar-refractivity contribution < 1.29 is 9.53 Å². The van der Waals surface area contributed by atoms with E-state index in [4.69, 9.17) is 4.74 Å². The zero-order chi connectivity index (χ0) is 13.5. The second kappa shape index (κ2) is 7.85. The lowest BCUT2D eigenvalue weighted by Crippen LogP contribution is -2.44. The highest BCUT2D eigenvalue weighted by Crippen LogP contribution is 2.20. The molecule has 4 heteroatoms. The van der Waals surface area contributed by atoms with Crippen LogP contribution in [0.5, 0.6) is 0 Å². The molecule has 0 aliphatic carbocycles. The summed E-state index contributed by atoms with van der Waals surface area (Å²) < 4.78 is 5.46. The highest BCUT2D eigenvalue weighted by atomic mass is 16.5. The first-order valence-corrected chi connectivity index (χ1v) is 7.88. The number of nitrogens with zero attached hydrogens (tertiary/aromatic N) is 1. The molecule has 19 heavy (non-hydrogen) atoms. The zero-order valence-electron chi connectivity index (χ0n) is 12.2. The number of hydrogen-bond donors (Lipinski definition) is 1. The van der Waals surface area contributed by atoms with Crippen molar-refractivity contribution in [3.05, 3.63) is 0 Å². The van der Waals surface area contributed by atoms with Gasteiger partial charge in [-0.2, -0.15) is 0 Å². The summed E-state index contributed by atoms with van der Waals surface area (Å²) in [7, 11) is 0. The Morgan fingerprint density at radius 2 is 2.11 bits per heavy atom. The number of carbonyl (C=O) groups excluding carboxylic acids is 1. The second-order valence-corrected chi connectivity index (χ2v) is 5.89. The molecule has 110 valence electrons. The van der Waals surface area contributed by atoms with E-state index in [1.165, 1.54) is 12.8 Å². The number of nitrogens with one attached hydrogen (secondary N) is 1. The van der Waals surface area contributed by atoms with E-state index in [0.717, 1.165) is 52.0 Å². The minimum Gasteiger partial charge on any atom is -0.381 e. The van der Waals surface area contributed by atoms with Crippen LogP contribution in [0.15, 0.2) is 0 Å². The maximum absolute atomic E-state index is 12.6. The van der Waals surface area contributed by atoms with Crippen LogP contribution in [0, 0.1) is 11.8 Å². The Bertz CT molecular complexity index is 271. The van der Waals surface area contributed by atoms with Gasteiger partial charge >= 0.3 is 0 Å². The van der Waals surface area contributed by atoms with E-state index in [1.54, 1.807) is 0 Å². The summed E-state index contributed by atoms with van der Waals surface area (Å²) in [6.45, 7) is 7.66. The molecule has 1 N–H and O–H groups in total. The minimum absolute atomic E-state index is 0.113. The van der Waals surface area contributed by atoms with Gasteiger partial charge in [-0.25, -0.2) is 0 Å². The molecule has 1 atom stereocenters. The second-order valence-electron chi connectivity index (χ2n) is 5.89. The van der Waals surface area contributed by atoms with Crippen LogP contribution in [-0.2, 0) is 9.53 Å². The van der Waals surface area contributed by atoms with Gasteiger partial charge in [0.05, 0.1) is 12.5 Å². The van der Waals surface area contributed by atoms with Crippen molar-refractivity contribution in [2.45, 2.75) is 39.0 Å². The van der Waals surface area contributed by atoms with Gasteiger partial charge in [0.15, 0.2) is 0 Å². The van der Waals surface area contributed by atoms with E-state index in [9.17, 15) is 4.79 Å². The molecule has 2 aliphatic heterocycles. The molecular weight excluding hydrogens is 240 g/mol. The Kier molecular flexibility index (Phi) is 6.11. The van der Waals surface area contributed by atoms with Gasteiger partial charge in [0.1, 0.15) is 0 Å². The van der Waals surface area contributed by atoms with Gasteiger partial charge in [-0.3, -0.25) is 4.79 Å². The summed E-state index contributed by atoms with van der Waals surface area (Å²) in [5.41, 5.74) is 0. The van der Waals surface area contributed by atoms with Crippen molar-refractivity contribution in [1.82, 2.24) is 10.2 Å². The molecule has 0 aromatic rings. The number of ether oxygens (including phenoxy) is 1. The van der Waals surface area contributed by atoms with Gasteiger partial charge < -0.3 is 15.0 Å². The van der Waals surface area contributed by atoms with E-state index < -0.39 is 0 Å².